The largest absolute Gasteiger partial charge is 0.389 e. The molecule has 0 radical (unpaired) electrons. The zero-order chi connectivity index (χ0) is 13.8. The van der Waals surface area contributed by atoms with E-state index in [9.17, 15) is 5.11 Å². The van der Waals surface area contributed by atoms with Crippen molar-refractivity contribution in [3.63, 3.8) is 0 Å². The molecule has 1 aromatic heterocycles. The van der Waals surface area contributed by atoms with E-state index < -0.39 is 6.10 Å². The molecule has 0 spiro atoms. The molecule has 106 valence electrons. The number of likely N-dealkylation sites (tertiary alicyclic amines) is 1. The Morgan fingerprint density at radius 1 is 1.58 bits per heavy atom. The van der Waals surface area contributed by atoms with Crippen LogP contribution in [0.5, 0.6) is 0 Å². The van der Waals surface area contributed by atoms with Crippen molar-refractivity contribution in [3.8, 4) is 0 Å². The third-order valence-corrected chi connectivity index (χ3v) is 4.02. The zero-order valence-corrected chi connectivity index (χ0v) is 12.2. The number of likely N-dealkylation sites (N-methyl/N-ethyl adjacent to an activating group) is 2. The Hall–Kier alpha value is -1.13. The maximum absolute atomic E-state index is 9.84. The van der Waals surface area contributed by atoms with Gasteiger partial charge in [-0.3, -0.25) is 4.90 Å². The second kappa shape index (κ2) is 6.35. The van der Waals surface area contributed by atoms with Gasteiger partial charge in [0.1, 0.15) is 5.82 Å². The molecule has 1 aliphatic heterocycles. The van der Waals surface area contributed by atoms with Gasteiger partial charge in [-0.25, -0.2) is 4.98 Å². The second-order valence-corrected chi connectivity index (χ2v) is 5.40. The number of pyridine rings is 1. The molecule has 0 bridgehead atoms. The number of aliphatic hydroxyl groups is 1. The number of hydrogen-bond acceptors (Lipinski definition) is 4. The normalized spacial score (nSPS) is 21.6. The van der Waals surface area contributed by atoms with Crippen molar-refractivity contribution < 1.29 is 5.11 Å². The average molecular weight is 263 g/mol. The standard InChI is InChI=1S/C15H25N3O/c1-4-18-10-6-7-13(18)11-17(3)15-14(12(2)19)8-5-9-16-15/h5,8-9,12-13,19H,4,6-7,10-11H2,1-3H3. The van der Waals surface area contributed by atoms with E-state index in [0.717, 1.165) is 24.5 Å². The Kier molecular flexibility index (Phi) is 4.77. The molecule has 2 rings (SSSR count). The van der Waals surface area contributed by atoms with E-state index in [2.05, 4.69) is 28.8 Å². The quantitative estimate of drug-likeness (QED) is 0.882. The van der Waals surface area contributed by atoms with Crippen LogP contribution in [0.15, 0.2) is 18.3 Å². The smallest absolute Gasteiger partial charge is 0.134 e. The van der Waals surface area contributed by atoms with Crippen LogP contribution in [0.3, 0.4) is 0 Å². The summed E-state index contributed by atoms with van der Waals surface area (Å²) in [5, 5.41) is 9.84. The summed E-state index contributed by atoms with van der Waals surface area (Å²) in [5.74, 6) is 0.903. The van der Waals surface area contributed by atoms with Crippen LogP contribution in [0.25, 0.3) is 0 Å². The molecular weight excluding hydrogens is 238 g/mol. The number of aliphatic hydroxyl groups excluding tert-OH is 1. The fourth-order valence-corrected chi connectivity index (χ4v) is 2.98. The fraction of sp³-hybridized carbons (Fsp3) is 0.667. The minimum absolute atomic E-state index is 0.475. The third-order valence-electron chi connectivity index (χ3n) is 4.02. The molecule has 0 saturated carbocycles. The molecule has 1 fully saturated rings. The number of aromatic nitrogens is 1. The molecular formula is C15H25N3O. The van der Waals surface area contributed by atoms with E-state index in [0.29, 0.717) is 6.04 Å². The topological polar surface area (TPSA) is 39.6 Å². The summed E-state index contributed by atoms with van der Waals surface area (Å²) in [7, 11) is 2.07. The van der Waals surface area contributed by atoms with Crippen molar-refractivity contribution in [2.45, 2.75) is 38.8 Å². The van der Waals surface area contributed by atoms with Crippen molar-refractivity contribution in [1.29, 1.82) is 0 Å². The van der Waals surface area contributed by atoms with Crippen LogP contribution in [0.1, 0.15) is 38.4 Å². The van der Waals surface area contributed by atoms with Crippen LogP contribution < -0.4 is 4.90 Å². The van der Waals surface area contributed by atoms with E-state index in [1.54, 1.807) is 13.1 Å². The first kappa shape index (κ1) is 14.3. The summed E-state index contributed by atoms with van der Waals surface area (Å²) < 4.78 is 0. The Morgan fingerprint density at radius 2 is 2.37 bits per heavy atom. The zero-order valence-electron chi connectivity index (χ0n) is 12.2. The van der Waals surface area contributed by atoms with Crippen molar-refractivity contribution >= 4 is 5.82 Å². The lowest BCUT2D eigenvalue weighted by atomic mass is 10.1. The molecule has 1 N–H and O–H groups in total. The highest BCUT2D eigenvalue weighted by Gasteiger charge is 2.25. The number of rotatable bonds is 5. The molecule has 19 heavy (non-hydrogen) atoms. The van der Waals surface area contributed by atoms with Crippen molar-refractivity contribution in [2.24, 2.45) is 0 Å². The molecule has 4 nitrogen and oxygen atoms in total. The van der Waals surface area contributed by atoms with Gasteiger partial charge in [-0.2, -0.15) is 0 Å². The molecule has 4 heteroatoms. The number of hydrogen-bond donors (Lipinski definition) is 1. The van der Waals surface area contributed by atoms with E-state index in [4.69, 9.17) is 0 Å². The van der Waals surface area contributed by atoms with Crippen LogP contribution in [-0.2, 0) is 0 Å². The van der Waals surface area contributed by atoms with Gasteiger partial charge in [0.2, 0.25) is 0 Å². The number of anilines is 1. The van der Waals surface area contributed by atoms with Gasteiger partial charge in [0.15, 0.2) is 0 Å². The minimum atomic E-state index is -0.475. The number of nitrogens with zero attached hydrogens (tertiary/aromatic N) is 3. The summed E-state index contributed by atoms with van der Waals surface area (Å²) >= 11 is 0. The predicted octanol–water partition coefficient (Wildman–Crippen LogP) is 2.06. The highest BCUT2D eigenvalue weighted by atomic mass is 16.3. The van der Waals surface area contributed by atoms with Gasteiger partial charge in [0.25, 0.3) is 0 Å². The Balaban J connectivity index is 2.09. The first-order valence-corrected chi connectivity index (χ1v) is 7.21. The minimum Gasteiger partial charge on any atom is -0.389 e. The van der Waals surface area contributed by atoms with Gasteiger partial charge in [-0.1, -0.05) is 13.0 Å². The highest BCUT2D eigenvalue weighted by Crippen LogP contribution is 2.25. The van der Waals surface area contributed by atoms with E-state index in [1.165, 1.54) is 19.4 Å². The van der Waals surface area contributed by atoms with Gasteiger partial charge >= 0.3 is 0 Å². The van der Waals surface area contributed by atoms with Gasteiger partial charge in [0, 0.05) is 31.4 Å². The Morgan fingerprint density at radius 3 is 3.05 bits per heavy atom. The van der Waals surface area contributed by atoms with Crippen LogP contribution in [0.4, 0.5) is 5.82 Å². The summed E-state index contributed by atoms with van der Waals surface area (Å²) in [6.07, 6.45) is 3.87. The molecule has 0 aromatic carbocycles. The maximum atomic E-state index is 9.84. The maximum Gasteiger partial charge on any atom is 0.134 e. The van der Waals surface area contributed by atoms with Crippen molar-refractivity contribution in [3.05, 3.63) is 23.9 Å². The van der Waals surface area contributed by atoms with Crippen LogP contribution in [0, 0.1) is 0 Å². The molecule has 0 aliphatic carbocycles. The Labute approximate surface area is 116 Å². The Bertz CT molecular complexity index is 408. The van der Waals surface area contributed by atoms with E-state index in [1.807, 2.05) is 12.1 Å². The van der Waals surface area contributed by atoms with E-state index >= 15 is 0 Å². The van der Waals surface area contributed by atoms with Crippen molar-refractivity contribution in [2.75, 3.05) is 31.6 Å². The lowest BCUT2D eigenvalue weighted by Gasteiger charge is -2.29. The van der Waals surface area contributed by atoms with E-state index in [-0.39, 0.29) is 0 Å². The predicted molar refractivity (Wildman–Crippen MR) is 78.4 cm³/mol. The van der Waals surface area contributed by atoms with Crippen LogP contribution >= 0.6 is 0 Å². The molecule has 1 aromatic rings. The third kappa shape index (κ3) is 3.25. The van der Waals surface area contributed by atoms with Crippen LogP contribution in [0.2, 0.25) is 0 Å². The fourth-order valence-electron chi connectivity index (χ4n) is 2.98. The summed E-state index contributed by atoms with van der Waals surface area (Å²) in [5.41, 5.74) is 0.908. The second-order valence-electron chi connectivity index (χ2n) is 5.40. The van der Waals surface area contributed by atoms with Crippen LogP contribution in [-0.4, -0.2) is 47.7 Å². The average Bonchev–Trinajstić information content (AvgIpc) is 2.85. The lowest BCUT2D eigenvalue weighted by Crippen LogP contribution is -2.39. The first-order chi connectivity index (χ1) is 9.13. The molecule has 2 heterocycles. The molecule has 2 atom stereocenters. The molecule has 2 unspecified atom stereocenters. The highest BCUT2D eigenvalue weighted by molar-refractivity contribution is 5.47. The lowest BCUT2D eigenvalue weighted by molar-refractivity contribution is 0.199. The molecule has 0 amide bonds. The molecule has 1 saturated heterocycles. The summed E-state index contributed by atoms with van der Waals surface area (Å²) in [6, 6.07) is 4.45. The van der Waals surface area contributed by atoms with Gasteiger partial charge in [0.05, 0.1) is 6.10 Å². The summed E-state index contributed by atoms with van der Waals surface area (Å²) in [6.45, 7) is 7.32. The van der Waals surface area contributed by atoms with Crippen molar-refractivity contribution in [1.82, 2.24) is 9.88 Å². The summed E-state index contributed by atoms with van der Waals surface area (Å²) in [4.78, 5) is 9.15. The first-order valence-electron chi connectivity index (χ1n) is 7.21. The molecule has 1 aliphatic rings. The van der Waals surface area contributed by atoms with Gasteiger partial charge < -0.3 is 10.0 Å². The van der Waals surface area contributed by atoms with Gasteiger partial charge in [-0.15, -0.1) is 0 Å². The SMILES string of the molecule is CCN1CCCC1CN(C)c1ncccc1C(C)O. The van der Waals surface area contributed by atoms with Gasteiger partial charge in [-0.05, 0) is 38.9 Å². The monoisotopic (exact) mass is 263 g/mol.